The SMILES string of the molecule is CCNC(=NCc1ccc(C(=O)N(CC)CC)cc1)NCc1nc(C(C)C)cs1.I. The minimum atomic E-state index is 0. The monoisotopic (exact) mass is 543 g/mol. The molecule has 0 atom stereocenters. The van der Waals surface area contributed by atoms with Gasteiger partial charge in [-0.1, -0.05) is 26.0 Å². The van der Waals surface area contributed by atoms with Crippen LogP contribution in [0, 0.1) is 0 Å². The first-order chi connectivity index (χ1) is 14.0. The van der Waals surface area contributed by atoms with E-state index in [2.05, 4.69) is 39.8 Å². The Morgan fingerprint density at radius 2 is 1.80 bits per heavy atom. The molecule has 1 aromatic carbocycles. The van der Waals surface area contributed by atoms with Crippen LogP contribution in [0.1, 0.15) is 67.2 Å². The van der Waals surface area contributed by atoms with Gasteiger partial charge in [0.1, 0.15) is 5.01 Å². The number of hydrogen-bond acceptors (Lipinski definition) is 4. The maximum atomic E-state index is 12.4. The summed E-state index contributed by atoms with van der Waals surface area (Å²) in [5.41, 5.74) is 2.92. The van der Waals surface area contributed by atoms with Crippen molar-refractivity contribution in [2.24, 2.45) is 4.99 Å². The second kappa shape index (κ2) is 13.6. The number of thiazole rings is 1. The first kappa shape index (κ1) is 26.4. The average molecular weight is 544 g/mol. The maximum absolute atomic E-state index is 12.4. The summed E-state index contributed by atoms with van der Waals surface area (Å²) in [6.07, 6.45) is 0. The smallest absolute Gasteiger partial charge is 0.253 e. The van der Waals surface area contributed by atoms with E-state index in [0.717, 1.165) is 47.4 Å². The Morgan fingerprint density at radius 1 is 1.13 bits per heavy atom. The second-order valence-electron chi connectivity index (χ2n) is 7.04. The minimum absolute atomic E-state index is 0. The fourth-order valence-corrected chi connectivity index (χ4v) is 3.68. The molecule has 166 valence electrons. The standard InChI is InChI=1S/C22H33N5OS.HI/c1-6-23-22(25-14-20-26-19(15-29-20)16(4)5)24-13-17-9-11-18(12-10-17)21(28)27(7-2)8-3;/h9-12,15-16H,6-8,13-14H2,1-5H3,(H2,23,24,25);1H. The normalized spacial score (nSPS) is 11.2. The summed E-state index contributed by atoms with van der Waals surface area (Å²) in [5.74, 6) is 1.28. The van der Waals surface area contributed by atoms with Crippen LogP contribution in [0.5, 0.6) is 0 Å². The minimum Gasteiger partial charge on any atom is -0.357 e. The maximum Gasteiger partial charge on any atom is 0.253 e. The quantitative estimate of drug-likeness (QED) is 0.275. The molecule has 30 heavy (non-hydrogen) atoms. The van der Waals surface area contributed by atoms with Gasteiger partial charge in [0, 0.05) is 30.6 Å². The number of nitrogens with one attached hydrogen (secondary N) is 2. The molecule has 0 bridgehead atoms. The van der Waals surface area contributed by atoms with E-state index in [4.69, 9.17) is 0 Å². The predicted octanol–water partition coefficient (Wildman–Crippen LogP) is 4.62. The summed E-state index contributed by atoms with van der Waals surface area (Å²) in [5, 5.41) is 9.78. The number of nitrogens with zero attached hydrogens (tertiary/aromatic N) is 3. The van der Waals surface area contributed by atoms with Crippen LogP contribution in [-0.2, 0) is 13.1 Å². The third-order valence-electron chi connectivity index (χ3n) is 4.58. The molecule has 0 aliphatic heterocycles. The van der Waals surface area contributed by atoms with Crippen molar-refractivity contribution in [3.63, 3.8) is 0 Å². The number of aliphatic imine (C=N–C) groups is 1. The van der Waals surface area contributed by atoms with Gasteiger partial charge in [0.05, 0.1) is 18.8 Å². The number of guanidine groups is 1. The largest absolute Gasteiger partial charge is 0.357 e. The Morgan fingerprint density at radius 3 is 2.33 bits per heavy atom. The van der Waals surface area contributed by atoms with Gasteiger partial charge in [-0.3, -0.25) is 4.79 Å². The van der Waals surface area contributed by atoms with E-state index in [1.54, 1.807) is 11.3 Å². The van der Waals surface area contributed by atoms with Gasteiger partial charge in [-0.25, -0.2) is 9.98 Å². The summed E-state index contributed by atoms with van der Waals surface area (Å²) in [4.78, 5) is 23.5. The average Bonchev–Trinajstić information content (AvgIpc) is 3.21. The molecule has 0 saturated heterocycles. The first-order valence-corrected chi connectivity index (χ1v) is 11.2. The molecule has 1 heterocycles. The second-order valence-corrected chi connectivity index (χ2v) is 7.99. The highest BCUT2D eigenvalue weighted by atomic mass is 127. The Bertz CT molecular complexity index is 800. The van der Waals surface area contributed by atoms with Gasteiger partial charge in [-0.05, 0) is 44.4 Å². The zero-order valence-electron chi connectivity index (χ0n) is 18.6. The number of rotatable bonds is 9. The molecule has 1 aromatic heterocycles. The Labute approximate surface area is 201 Å². The van der Waals surface area contributed by atoms with Crippen LogP contribution in [0.25, 0.3) is 0 Å². The Balaban J connectivity index is 0.00000450. The summed E-state index contributed by atoms with van der Waals surface area (Å²) in [6.45, 7) is 13.8. The molecule has 2 rings (SSSR count). The zero-order chi connectivity index (χ0) is 21.2. The van der Waals surface area contributed by atoms with Crippen molar-refractivity contribution in [2.75, 3.05) is 19.6 Å². The number of carbonyl (C=O) groups excluding carboxylic acids is 1. The van der Waals surface area contributed by atoms with E-state index in [0.29, 0.717) is 19.0 Å². The molecule has 0 saturated carbocycles. The lowest BCUT2D eigenvalue weighted by Crippen LogP contribution is -2.36. The van der Waals surface area contributed by atoms with Crippen LogP contribution in [0.2, 0.25) is 0 Å². The van der Waals surface area contributed by atoms with E-state index in [1.807, 2.05) is 49.9 Å². The molecule has 6 nitrogen and oxygen atoms in total. The molecule has 0 aliphatic carbocycles. The summed E-state index contributed by atoms with van der Waals surface area (Å²) >= 11 is 1.67. The molecule has 2 aromatic rings. The van der Waals surface area contributed by atoms with Gasteiger partial charge in [0.25, 0.3) is 5.91 Å². The topological polar surface area (TPSA) is 69.6 Å². The number of hydrogen-bond donors (Lipinski definition) is 2. The molecule has 0 fully saturated rings. The summed E-state index contributed by atoms with van der Waals surface area (Å²) < 4.78 is 0. The Kier molecular flexibility index (Phi) is 11.9. The lowest BCUT2D eigenvalue weighted by atomic mass is 10.1. The number of aromatic nitrogens is 1. The molecular weight excluding hydrogens is 509 g/mol. The van der Waals surface area contributed by atoms with Gasteiger partial charge in [-0.15, -0.1) is 35.3 Å². The van der Waals surface area contributed by atoms with Crippen molar-refractivity contribution in [3.05, 3.63) is 51.5 Å². The van der Waals surface area contributed by atoms with Gasteiger partial charge in [-0.2, -0.15) is 0 Å². The van der Waals surface area contributed by atoms with Crippen molar-refractivity contribution >= 4 is 47.2 Å². The van der Waals surface area contributed by atoms with E-state index < -0.39 is 0 Å². The van der Waals surface area contributed by atoms with Gasteiger partial charge < -0.3 is 15.5 Å². The van der Waals surface area contributed by atoms with Crippen molar-refractivity contribution in [3.8, 4) is 0 Å². The molecule has 0 spiro atoms. The van der Waals surface area contributed by atoms with Crippen molar-refractivity contribution in [1.29, 1.82) is 0 Å². The van der Waals surface area contributed by atoms with Crippen LogP contribution in [0.4, 0.5) is 0 Å². The van der Waals surface area contributed by atoms with E-state index in [-0.39, 0.29) is 29.9 Å². The number of carbonyl (C=O) groups is 1. The highest BCUT2D eigenvalue weighted by molar-refractivity contribution is 14.0. The molecule has 2 N–H and O–H groups in total. The highest BCUT2D eigenvalue weighted by Crippen LogP contribution is 2.17. The lowest BCUT2D eigenvalue weighted by molar-refractivity contribution is 0.0773. The van der Waals surface area contributed by atoms with Crippen LogP contribution >= 0.6 is 35.3 Å². The van der Waals surface area contributed by atoms with Gasteiger partial charge in [0.2, 0.25) is 0 Å². The molecule has 0 aliphatic rings. The van der Waals surface area contributed by atoms with E-state index in [1.165, 1.54) is 0 Å². The van der Waals surface area contributed by atoms with E-state index in [9.17, 15) is 4.79 Å². The fourth-order valence-electron chi connectivity index (χ4n) is 2.79. The van der Waals surface area contributed by atoms with Crippen LogP contribution in [0.3, 0.4) is 0 Å². The summed E-state index contributed by atoms with van der Waals surface area (Å²) in [7, 11) is 0. The first-order valence-electron chi connectivity index (χ1n) is 10.3. The van der Waals surface area contributed by atoms with Crippen molar-refractivity contribution < 1.29 is 4.79 Å². The Hall–Kier alpha value is -1.68. The molecule has 0 radical (unpaired) electrons. The third-order valence-corrected chi connectivity index (χ3v) is 5.45. The molecule has 0 unspecified atom stereocenters. The lowest BCUT2D eigenvalue weighted by Gasteiger charge is -2.18. The van der Waals surface area contributed by atoms with Crippen molar-refractivity contribution in [1.82, 2.24) is 20.5 Å². The molecular formula is C22H34IN5OS. The predicted molar refractivity (Wildman–Crippen MR) is 137 cm³/mol. The van der Waals surface area contributed by atoms with Crippen molar-refractivity contribution in [2.45, 2.75) is 53.6 Å². The van der Waals surface area contributed by atoms with E-state index >= 15 is 0 Å². The highest BCUT2D eigenvalue weighted by Gasteiger charge is 2.12. The third kappa shape index (κ3) is 7.86. The van der Waals surface area contributed by atoms with Crippen LogP contribution in [-0.4, -0.2) is 41.4 Å². The van der Waals surface area contributed by atoms with Crippen LogP contribution < -0.4 is 10.6 Å². The number of amides is 1. The fraction of sp³-hybridized carbons (Fsp3) is 0.500. The molecule has 1 amide bonds. The molecule has 8 heteroatoms. The zero-order valence-corrected chi connectivity index (χ0v) is 21.7. The van der Waals surface area contributed by atoms with Gasteiger partial charge in [0.15, 0.2) is 5.96 Å². The number of benzene rings is 1. The number of halogens is 1. The van der Waals surface area contributed by atoms with Crippen LogP contribution in [0.15, 0.2) is 34.6 Å². The van der Waals surface area contributed by atoms with Gasteiger partial charge >= 0.3 is 0 Å². The summed E-state index contributed by atoms with van der Waals surface area (Å²) in [6, 6.07) is 7.71.